The molecule has 2 amide bonds. The smallest absolute Gasteiger partial charge is 0.245 e. The third-order valence-electron chi connectivity index (χ3n) is 2.08. The van der Waals surface area contributed by atoms with Crippen molar-refractivity contribution < 1.29 is 9.59 Å². The zero-order chi connectivity index (χ0) is 10.6. The number of piperazine rings is 1. The van der Waals surface area contributed by atoms with E-state index in [1.54, 1.807) is 18.7 Å². The quantitative estimate of drug-likeness (QED) is 0.616. The molecule has 1 rings (SSSR count). The summed E-state index contributed by atoms with van der Waals surface area (Å²) in [6, 6.07) is -0.397. The van der Waals surface area contributed by atoms with E-state index in [4.69, 9.17) is 0 Å². The largest absolute Gasteiger partial charge is 0.343 e. The number of hydrogen-bond donors (Lipinski definition) is 1. The van der Waals surface area contributed by atoms with Gasteiger partial charge in [0.15, 0.2) is 0 Å². The van der Waals surface area contributed by atoms with Crippen molar-refractivity contribution in [2.45, 2.75) is 26.3 Å². The molecule has 0 aromatic heterocycles. The summed E-state index contributed by atoms with van der Waals surface area (Å²) in [5.41, 5.74) is 0. The van der Waals surface area contributed by atoms with Crippen LogP contribution in [-0.2, 0) is 9.59 Å². The normalized spacial score (nSPS) is 21.3. The van der Waals surface area contributed by atoms with Crippen LogP contribution in [0.25, 0.3) is 0 Å². The molecular formula is C10H14N2O2. The van der Waals surface area contributed by atoms with Crippen molar-refractivity contribution in [2.24, 2.45) is 0 Å². The van der Waals surface area contributed by atoms with Crippen molar-refractivity contribution >= 4 is 11.8 Å². The molecule has 0 radical (unpaired) electrons. The van der Waals surface area contributed by atoms with E-state index in [1.165, 1.54) is 0 Å². The van der Waals surface area contributed by atoms with E-state index >= 15 is 0 Å². The molecule has 4 heteroatoms. The van der Waals surface area contributed by atoms with Gasteiger partial charge < -0.3 is 10.2 Å². The van der Waals surface area contributed by atoms with Gasteiger partial charge >= 0.3 is 0 Å². The highest BCUT2D eigenvalue weighted by molar-refractivity contribution is 5.94. The van der Waals surface area contributed by atoms with Crippen molar-refractivity contribution in [1.82, 2.24) is 10.2 Å². The fourth-order valence-corrected chi connectivity index (χ4v) is 1.38. The molecule has 0 spiro atoms. The molecular weight excluding hydrogens is 180 g/mol. The van der Waals surface area contributed by atoms with Crippen molar-refractivity contribution in [1.29, 1.82) is 0 Å². The summed E-state index contributed by atoms with van der Waals surface area (Å²) in [7, 11) is 0. The van der Waals surface area contributed by atoms with Crippen molar-refractivity contribution in [3.8, 4) is 11.8 Å². The second kappa shape index (κ2) is 4.66. The first-order valence-electron chi connectivity index (χ1n) is 4.63. The minimum Gasteiger partial charge on any atom is -0.343 e. The van der Waals surface area contributed by atoms with E-state index in [9.17, 15) is 9.59 Å². The summed E-state index contributed by atoms with van der Waals surface area (Å²) in [5, 5.41) is 2.58. The lowest BCUT2D eigenvalue weighted by atomic mass is 10.2. The average molecular weight is 194 g/mol. The van der Waals surface area contributed by atoms with Gasteiger partial charge in [0.25, 0.3) is 0 Å². The third-order valence-corrected chi connectivity index (χ3v) is 2.08. The molecule has 0 aromatic rings. The van der Waals surface area contributed by atoms with Gasteiger partial charge in [-0.05, 0) is 13.8 Å². The highest BCUT2D eigenvalue weighted by atomic mass is 16.2. The van der Waals surface area contributed by atoms with Gasteiger partial charge in [0.1, 0.15) is 6.04 Å². The van der Waals surface area contributed by atoms with Crippen LogP contribution in [0.3, 0.4) is 0 Å². The van der Waals surface area contributed by atoms with Crippen LogP contribution in [0.5, 0.6) is 0 Å². The van der Waals surface area contributed by atoms with Crippen LogP contribution in [0.2, 0.25) is 0 Å². The standard InChI is InChI=1S/C10H14N2O2/c1-3-4-5-6-12-7-9(13)11-8(2)10(12)14/h8H,5-7H2,1-2H3,(H,11,13). The minimum atomic E-state index is -0.397. The Labute approximate surface area is 83.6 Å². The molecule has 0 bridgehead atoms. The van der Waals surface area contributed by atoms with Crippen LogP contribution in [0, 0.1) is 11.8 Å². The van der Waals surface area contributed by atoms with Crippen molar-refractivity contribution in [2.75, 3.05) is 13.1 Å². The Morgan fingerprint density at radius 2 is 2.29 bits per heavy atom. The van der Waals surface area contributed by atoms with E-state index in [2.05, 4.69) is 17.2 Å². The topological polar surface area (TPSA) is 49.4 Å². The monoisotopic (exact) mass is 194 g/mol. The predicted octanol–water partition coefficient (Wildman–Crippen LogP) is -0.253. The number of nitrogens with zero attached hydrogens (tertiary/aromatic N) is 1. The molecule has 1 saturated heterocycles. The van der Waals surface area contributed by atoms with Crippen LogP contribution in [-0.4, -0.2) is 35.8 Å². The highest BCUT2D eigenvalue weighted by Crippen LogP contribution is 2.02. The lowest BCUT2D eigenvalue weighted by Gasteiger charge is -2.30. The summed E-state index contributed by atoms with van der Waals surface area (Å²) in [4.78, 5) is 24.2. The van der Waals surface area contributed by atoms with Gasteiger partial charge in [-0.15, -0.1) is 11.8 Å². The summed E-state index contributed by atoms with van der Waals surface area (Å²) in [6.07, 6.45) is 0.627. The number of hydrogen-bond acceptors (Lipinski definition) is 2. The molecule has 4 nitrogen and oxygen atoms in total. The SMILES string of the molecule is CC#CCCN1CC(=O)NC(C)C1=O. The zero-order valence-corrected chi connectivity index (χ0v) is 8.46. The first-order valence-corrected chi connectivity index (χ1v) is 4.63. The Morgan fingerprint density at radius 3 is 2.93 bits per heavy atom. The second-order valence-electron chi connectivity index (χ2n) is 3.23. The van der Waals surface area contributed by atoms with E-state index in [1.807, 2.05) is 0 Å². The van der Waals surface area contributed by atoms with Crippen molar-refractivity contribution in [3.63, 3.8) is 0 Å². The third kappa shape index (κ3) is 2.49. The molecule has 0 aromatic carbocycles. The molecule has 1 fully saturated rings. The van der Waals surface area contributed by atoms with Gasteiger partial charge in [0, 0.05) is 13.0 Å². The summed E-state index contributed by atoms with van der Waals surface area (Å²) >= 11 is 0. The predicted molar refractivity (Wildman–Crippen MR) is 52.3 cm³/mol. The molecule has 76 valence electrons. The van der Waals surface area contributed by atoms with Crippen LogP contribution < -0.4 is 5.32 Å². The zero-order valence-electron chi connectivity index (χ0n) is 8.46. The van der Waals surface area contributed by atoms with Crippen molar-refractivity contribution in [3.05, 3.63) is 0 Å². The molecule has 0 saturated carbocycles. The lowest BCUT2D eigenvalue weighted by molar-refractivity contribution is -0.143. The van der Waals surface area contributed by atoms with E-state index in [0.29, 0.717) is 13.0 Å². The maximum absolute atomic E-state index is 11.5. The molecule has 14 heavy (non-hydrogen) atoms. The molecule has 1 unspecified atom stereocenters. The molecule has 1 heterocycles. The Morgan fingerprint density at radius 1 is 1.57 bits per heavy atom. The number of nitrogens with one attached hydrogen (secondary N) is 1. The maximum atomic E-state index is 11.5. The van der Waals surface area contributed by atoms with E-state index < -0.39 is 6.04 Å². The molecule has 1 aliphatic heterocycles. The first-order chi connectivity index (χ1) is 6.65. The molecule has 1 atom stereocenters. The number of carbonyl (C=O) groups excluding carboxylic acids is 2. The average Bonchev–Trinajstić information content (AvgIpc) is 2.13. The Kier molecular flexibility index (Phi) is 3.52. The number of amides is 2. The molecule has 0 aliphatic carbocycles. The fraction of sp³-hybridized carbons (Fsp3) is 0.600. The second-order valence-corrected chi connectivity index (χ2v) is 3.23. The van der Waals surface area contributed by atoms with Gasteiger partial charge in [-0.3, -0.25) is 9.59 Å². The Hall–Kier alpha value is -1.50. The Bertz CT molecular complexity index is 301. The van der Waals surface area contributed by atoms with Gasteiger partial charge in [-0.2, -0.15) is 0 Å². The van der Waals surface area contributed by atoms with E-state index in [0.717, 1.165) is 0 Å². The fourth-order valence-electron chi connectivity index (χ4n) is 1.38. The highest BCUT2D eigenvalue weighted by Gasteiger charge is 2.28. The molecule has 1 N–H and O–H groups in total. The molecule has 1 aliphatic rings. The van der Waals surface area contributed by atoms with Crippen LogP contribution in [0.4, 0.5) is 0 Å². The number of carbonyl (C=O) groups is 2. The minimum absolute atomic E-state index is 0.0255. The Balaban J connectivity index is 2.52. The van der Waals surface area contributed by atoms with Gasteiger partial charge in [-0.1, -0.05) is 0 Å². The first kappa shape index (κ1) is 10.6. The summed E-state index contributed by atoms with van der Waals surface area (Å²) in [6.45, 7) is 4.15. The summed E-state index contributed by atoms with van der Waals surface area (Å²) < 4.78 is 0. The lowest BCUT2D eigenvalue weighted by Crippen LogP contribution is -2.56. The van der Waals surface area contributed by atoms with Gasteiger partial charge in [0.05, 0.1) is 6.54 Å². The van der Waals surface area contributed by atoms with Crippen LogP contribution in [0.1, 0.15) is 20.3 Å². The van der Waals surface area contributed by atoms with Crippen LogP contribution in [0.15, 0.2) is 0 Å². The summed E-state index contributed by atoms with van der Waals surface area (Å²) in [5.74, 6) is 5.50. The maximum Gasteiger partial charge on any atom is 0.245 e. The van der Waals surface area contributed by atoms with Gasteiger partial charge in [0.2, 0.25) is 11.8 Å². The van der Waals surface area contributed by atoms with Gasteiger partial charge in [-0.25, -0.2) is 0 Å². The number of rotatable bonds is 2. The van der Waals surface area contributed by atoms with Crippen LogP contribution >= 0.6 is 0 Å². The van der Waals surface area contributed by atoms with E-state index in [-0.39, 0.29) is 18.4 Å².